The summed E-state index contributed by atoms with van der Waals surface area (Å²) in [6, 6.07) is 0.808. The molecule has 3 unspecified atom stereocenters. The molecule has 1 rings (SSSR count). The summed E-state index contributed by atoms with van der Waals surface area (Å²) in [7, 11) is 0. The molecular formula is C13H27N. The summed E-state index contributed by atoms with van der Waals surface area (Å²) in [6.45, 7) is 8.19. The van der Waals surface area contributed by atoms with Gasteiger partial charge in [-0.25, -0.2) is 0 Å². The summed E-state index contributed by atoms with van der Waals surface area (Å²) < 4.78 is 0. The normalized spacial score (nSPS) is 33.2. The van der Waals surface area contributed by atoms with Crippen LogP contribution in [0.1, 0.15) is 59.3 Å². The van der Waals surface area contributed by atoms with Crippen molar-refractivity contribution in [3.8, 4) is 0 Å². The molecule has 84 valence electrons. The first kappa shape index (κ1) is 12.0. The molecule has 0 spiro atoms. The highest BCUT2D eigenvalue weighted by atomic mass is 14.9. The second-order valence-corrected chi connectivity index (χ2v) is 5.01. The number of hydrogen-bond donors (Lipinski definition) is 1. The third-order valence-corrected chi connectivity index (χ3v) is 3.63. The van der Waals surface area contributed by atoms with Crippen molar-refractivity contribution < 1.29 is 0 Å². The Labute approximate surface area is 89.7 Å². The van der Waals surface area contributed by atoms with Gasteiger partial charge in [0.25, 0.3) is 0 Å². The maximum Gasteiger partial charge on any atom is 0.00928 e. The maximum atomic E-state index is 3.68. The van der Waals surface area contributed by atoms with Gasteiger partial charge in [-0.15, -0.1) is 0 Å². The van der Waals surface area contributed by atoms with Crippen LogP contribution in [0.25, 0.3) is 0 Å². The summed E-state index contributed by atoms with van der Waals surface area (Å²) in [4.78, 5) is 0. The Kier molecular flexibility index (Phi) is 5.54. The molecular weight excluding hydrogens is 170 g/mol. The molecule has 14 heavy (non-hydrogen) atoms. The van der Waals surface area contributed by atoms with E-state index in [1.165, 1.54) is 45.1 Å². The predicted molar refractivity (Wildman–Crippen MR) is 63.5 cm³/mol. The van der Waals surface area contributed by atoms with Gasteiger partial charge in [-0.3, -0.25) is 0 Å². The Morgan fingerprint density at radius 1 is 1.14 bits per heavy atom. The van der Waals surface area contributed by atoms with Crippen LogP contribution in [-0.4, -0.2) is 12.6 Å². The molecule has 0 aliphatic heterocycles. The van der Waals surface area contributed by atoms with Crippen molar-refractivity contribution in [2.24, 2.45) is 11.8 Å². The Morgan fingerprint density at radius 2 is 1.93 bits per heavy atom. The van der Waals surface area contributed by atoms with E-state index in [-0.39, 0.29) is 0 Å². The summed E-state index contributed by atoms with van der Waals surface area (Å²) >= 11 is 0. The zero-order valence-corrected chi connectivity index (χ0v) is 10.2. The van der Waals surface area contributed by atoms with Crippen LogP contribution in [-0.2, 0) is 0 Å². The fraction of sp³-hybridized carbons (Fsp3) is 1.00. The van der Waals surface area contributed by atoms with Crippen LogP contribution >= 0.6 is 0 Å². The van der Waals surface area contributed by atoms with Crippen molar-refractivity contribution in [1.82, 2.24) is 5.32 Å². The molecule has 1 heteroatoms. The lowest BCUT2D eigenvalue weighted by atomic mass is 9.77. The van der Waals surface area contributed by atoms with E-state index in [1.807, 2.05) is 0 Å². The van der Waals surface area contributed by atoms with Crippen molar-refractivity contribution in [2.75, 3.05) is 6.54 Å². The van der Waals surface area contributed by atoms with Crippen LogP contribution in [0.15, 0.2) is 0 Å². The summed E-state index contributed by atoms with van der Waals surface area (Å²) in [5.74, 6) is 1.92. The lowest BCUT2D eigenvalue weighted by molar-refractivity contribution is 0.208. The fourth-order valence-corrected chi connectivity index (χ4v) is 2.81. The van der Waals surface area contributed by atoms with Crippen molar-refractivity contribution in [2.45, 2.75) is 65.3 Å². The smallest absolute Gasteiger partial charge is 0.00928 e. The summed E-state index contributed by atoms with van der Waals surface area (Å²) in [5.41, 5.74) is 0. The SMILES string of the molecule is CCCNC1CCC(CCC)CC1C. The number of hydrogen-bond acceptors (Lipinski definition) is 1. The summed E-state index contributed by atoms with van der Waals surface area (Å²) in [6.07, 6.45) is 8.40. The Bertz CT molecular complexity index is 144. The predicted octanol–water partition coefficient (Wildman–Crippen LogP) is 3.59. The van der Waals surface area contributed by atoms with E-state index in [0.29, 0.717) is 0 Å². The lowest BCUT2D eigenvalue weighted by Gasteiger charge is -2.34. The molecule has 0 aromatic rings. The molecule has 0 radical (unpaired) electrons. The first-order chi connectivity index (χ1) is 6.77. The standard InChI is InChI=1S/C13H27N/c1-4-6-12-7-8-13(11(3)10-12)14-9-5-2/h11-14H,4-10H2,1-3H3. The van der Waals surface area contributed by atoms with E-state index in [0.717, 1.165) is 17.9 Å². The van der Waals surface area contributed by atoms with Crippen molar-refractivity contribution in [3.63, 3.8) is 0 Å². The summed E-state index contributed by atoms with van der Waals surface area (Å²) in [5, 5.41) is 3.68. The maximum absolute atomic E-state index is 3.68. The van der Waals surface area contributed by atoms with Gasteiger partial charge < -0.3 is 5.32 Å². The molecule has 1 N–H and O–H groups in total. The van der Waals surface area contributed by atoms with Crippen molar-refractivity contribution in [1.29, 1.82) is 0 Å². The molecule has 0 bridgehead atoms. The van der Waals surface area contributed by atoms with Crippen LogP contribution in [0, 0.1) is 11.8 Å². The minimum atomic E-state index is 0.808. The Morgan fingerprint density at radius 3 is 2.50 bits per heavy atom. The largest absolute Gasteiger partial charge is 0.314 e. The van der Waals surface area contributed by atoms with Gasteiger partial charge in [0, 0.05) is 6.04 Å². The van der Waals surface area contributed by atoms with E-state index < -0.39 is 0 Å². The molecule has 3 atom stereocenters. The van der Waals surface area contributed by atoms with Gasteiger partial charge in [0.2, 0.25) is 0 Å². The van der Waals surface area contributed by atoms with E-state index in [4.69, 9.17) is 0 Å². The third kappa shape index (κ3) is 3.61. The minimum absolute atomic E-state index is 0.808. The fourth-order valence-electron chi connectivity index (χ4n) is 2.81. The second kappa shape index (κ2) is 6.44. The molecule has 1 fully saturated rings. The van der Waals surface area contributed by atoms with E-state index in [9.17, 15) is 0 Å². The van der Waals surface area contributed by atoms with Crippen molar-refractivity contribution >= 4 is 0 Å². The zero-order valence-electron chi connectivity index (χ0n) is 10.2. The van der Waals surface area contributed by atoms with Crippen molar-refractivity contribution in [3.05, 3.63) is 0 Å². The molecule has 0 aromatic carbocycles. The van der Waals surface area contributed by atoms with E-state index in [1.54, 1.807) is 0 Å². The van der Waals surface area contributed by atoms with Gasteiger partial charge in [-0.05, 0) is 44.1 Å². The average Bonchev–Trinajstić information content (AvgIpc) is 2.17. The highest BCUT2D eigenvalue weighted by molar-refractivity contribution is 4.82. The zero-order chi connectivity index (χ0) is 10.4. The molecule has 0 heterocycles. The number of rotatable bonds is 5. The van der Waals surface area contributed by atoms with Gasteiger partial charge in [0.1, 0.15) is 0 Å². The first-order valence-electron chi connectivity index (χ1n) is 6.51. The van der Waals surface area contributed by atoms with E-state index >= 15 is 0 Å². The minimum Gasteiger partial charge on any atom is -0.314 e. The Balaban J connectivity index is 2.24. The van der Waals surface area contributed by atoms with Crippen LogP contribution in [0.2, 0.25) is 0 Å². The monoisotopic (exact) mass is 197 g/mol. The van der Waals surface area contributed by atoms with Crippen LogP contribution < -0.4 is 5.32 Å². The topological polar surface area (TPSA) is 12.0 Å². The second-order valence-electron chi connectivity index (χ2n) is 5.01. The molecule has 1 aliphatic carbocycles. The van der Waals surface area contributed by atoms with Gasteiger partial charge >= 0.3 is 0 Å². The van der Waals surface area contributed by atoms with Gasteiger partial charge in [0.05, 0.1) is 0 Å². The third-order valence-electron chi connectivity index (χ3n) is 3.63. The molecule has 0 aromatic heterocycles. The van der Waals surface area contributed by atoms with Crippen LogP contribution in [0.5, 0.6) is 0 Å². The molecule has 1 saturated carbocycles. The number of nitrogens with one attached hydrogen (secondary N) is 1. The highest BCUT2D eigenvalue weighted by Crippen LogP contribution is 2.31. The average molecular weight is 197 g/mol. The Hall–Kier alpha value is -0.0400. The van der Waals surface area contributed by atoms with Crippen LogP contribution in [0.3, 0.4) is 0 Å². The first-order valence-corrected chi connectivity index (χ1v) is 6.51. The lowest BCUT2D eigenvalue weighted by Crippen LogP contribution is -2.39. The quantitative estimate of drug-likeness (QED) is 0.710. The molecule has 1 aliphatic rings. The molecule has 0 saturated heterocycles. The highest BCUT2D eigenvalue weighted by Gasteiger charge is 2.26. The van der Waals surface area contributed by atoms with Gasteiger partial charge in [0.15, 0.2) is 0 Å². The van der Waals surface area contributed by atoms with Gasteiger partial charge in [-0.1, -0.05) is 33.6 Å². The molecule has 0 amide bonds. The van der Waals surface area contributed by atoms with E-state index in [2.05, 4.69) is 26.1 Å². The van der Waals surface area contributed by atoms with Crippen LogP contribution in [0.4, 0.5) is 0 Å². The molecule has 1 nitrogen and oxygen atoms in total. The van der Waals surface area contributed by atoms with Gasteiger partial charge in [-0.2, -0.15) is 0 Å².